The zero-order valence-electron chi connectivity index (χ0n) is 9.76. The Hall–Kier alpha value is -0.290. The Morgan fingerprint density at radius 1 is 1.56 bits per heavy atom. The van der Waals surface area contributed by atoms with E-state index in [4.69, 9.17) is 27.9 Å². The van der Waals surface area contributed by atoms with Gasteiger partial charge in [-0.15, -0.1) is 11.6 Å². The third-order valence-corrected chi connectivity index (χ3v) is 3.04. The molecule has 4 nitrogen and oxygen atoms in total. The molecule has 0 amide bonds. The maximum absolute atomic E-state index is 6.09. The Morgan fingerprint density at radius 2 is 2.25 bits per heavy atom. The molecule has 16 heavy (non-hydrogen) atoms. The fraction of sp³-hybridized carbons (Fsp3) is 0.700. The fourth-order valence-corrected chi connectivity index (χ4v) is 1.94. The zero-order chi connectivity index (χ0) is 12.1. The van der Waals surface area contributed by atoms with Crippen LogP contribution in [0.2, 0.25) is 5.15 Å². The molecule has 0 radical (unpaired) electrons. The quantitative estimate of drug-likeness (QED) is 0.797. The molecular formula is C10H17Cl2N3O. The Balaban J connectivity index is 2.43. The second kappa shape index (κ2) is 6.45. The molecule has 1 atom stereocenters. The number of hydrogen-bond donors (Lipinski definition) is 1. The van der Waals surface area contributed by atoms with Crippen LogP contribution in [0.25, 0.3) is 0 Å². The van der Waals surface area contributed by atoms with Gasteiger partial charge in [0, 0.05) is 32.8 Å². The van der Waals surface area contributed by atoms with E-state index in [0.29, 0.717) is 24.8 Å². The molecule has 0 aliphatic heterocycles. The van der Waals surface area contributed by atoms with Crippen LogP contribution >= 0.6 is 23.2 Å². The van der Waals surface area contributed by atoms with Crippen molar-refractivity contribution in [2.45, 2.75) is 18.8 Å². The van der Waals surface area contributed by atoms with Gasteiger partial charge in [0.1, 0.15) is 5.15 Å². The van der Waals surface area contributed by atoms with Crippen molar-refractivity contribution in [3.05, 3.63) is 16.4 Å². The molecule has 0 spiro atoms. The van der Waals surface area contributed by atoms with E-state index in [1.165, 1.54) is 0 Å². The molecule has 1 N–H and O–H groups in total. The summed E-state index contributed by atoms with van der Waals surface area (Å²) in [5.74, 6) is 0. The highest BCUT2D eigenvalue weighted by Gasteiger charge is 2.11. The molecule has 0 aromatic carbocycles. The minimum absolute atomic E-state index is 0.0271. The van der Waals surface area contributed by atoms with Crippen molar-refractivity contribution in [1.29, 1.82) is 0 Å². The van der Waals surface area contributed by atoms with Gasteiger partial charge in [-0.3, -0.25) is 4.68 Å². The van der Waals surface area contributed by atoms with Gasteiger partial charge in [0.25, 0.3) is 0 Å². The molecule has 92 valence electrons. The standard InChI is InChI=1S/C10H17Cl2N3O/c1-7-9(10(12)15(2)14-7)5-13-4-8(11)6-16-3/h8,13H,4-6H2,1-3H3. The summed E-state index contributed by atoms with van der Waals surface area (Å²) in [5, 5.41) is 8.11. The number of ether oxygens (including phenoxy) is 1. The average Bonchev–Trinajstić information content (AvgIpc) is 2.45. The number of aromatic nitrogens is 2. The van der Waals surface area contributed by atoms with Crippen LogP contribution in [0.5, 0.6) is 0 Å². The largest absolute Gasteiger partial charge is 0.383 e. The monoisotopic (exact) mass is 265 g/mol. The van der Waals surface area contributed by atoms with E-state index in [1.807, 2.05) is 14.0 Å². The molecule has 1 heterocycles. The Kier molecular flexibility index (Phi) is 5.55. The van der Waals surface area contributed by atoms with Gasteiger partial charge in [-0.25, -0.2) is 0 Å². The molecule has 0 aliphatic rings. The van der Waals surface area contributed by atoms with E-state index in [-0.39, 0.29) is 5.38 Å². The highest BCUT2D eigenvalue weighted by Crippen LogP contribution is 2.17. The molecule has 0 bridgehead atoms. The lowest BCUT2D eigenvalue weighted by atomic mass is 10.2. The summed E-state index contributed by atoms with van der Waals surface area (Å²) in [4.78, 5) is 0. The summed E-state index contributed by atoms with van der Waals surface area (Å²) in [5.41, 5.74) is 1.96. The van der Waals surface area contributed by atoms with Gasteiger partial charge >= 0.3 is 0 Å². The summed E-state index contributed by atoms with van der Waals surface area (Å²) in [6.07, 6.45) is 0. The summed E-state index contributed by atoms with van der Waals surface area (Å²) in [7, 11) is 3.46. The van der Waals surface area contributed by atoms with E-state index in [2.05, 4.69) is 10.4 Å². The molecule has 1 unspecified atom stereocenters. The third-order valence-electron chi connectivity index (χ3n) is 2.28. The molecule has 1 rings (SSSR count). The molecular weight excluding hydrogens is 249 g/mol. The van der Waals surface area contributed by atoms with Crippen molar-refractivity contribution in [2.75, 3.05) is 20.3 Å². The number of alkyl halides is 1. The second-order valence-corrected chi connectivity index (χ2v) is 4.64. The van der Waals surface area contributed by atoms with Crippen molar-refractivity contribution in [3.8, 4) is 0 Å². The van der Waals surface area contributed by atoms with E-state index in [9.17, 15) is 0 Å². The molecule has 0 saturated carbocycles. The van der Waals surface area contributed by atoms with Gasteiger partial charge in [-0.05, 0) is 6.92 Å². The van der Waals surface area contributed by atoms with Crippen LogP contribution in [-0.2, 0) is 18.3 Å². The Labute approximate surface area is 106 Å². The van der Waals surface area contributed by atoms with E-state index in [0.717, 1.165) is 11.3 Å². The average molecular weight is 266 g/mol. The normalized spacial score (nSPS) is 13.1. The van der Waals surface area contributed by atoms with Gasteiger partial charge in [0.05, 0.1) is 17.7 Å². The fourth-order valence-electron chi connectivity index (χ4n) is 1.47. The van der Waals surface area contributed by atoms with Gasteiger partial charge in [-0.1, -0.05) is 11.6 Å². The van der Waals surface area contributed by atoms with Crippen LogP contribution in [0.15, 0.2) is 0 Å². The maximum Gasteiger partial charge on any atom is 0.131 e. The number of methoxy groups -OCH3 is 1. The number of halogens is 2. The molecule has 1 aromatic rings. The molecule has 6 heteroatoms. The van der Waals surface area contributed by atoms with Crippen LogP contribution in [0.4, 0.5) is 0 Å². The number of nitrogens with one attached hydrogen (secondary N) is 1. The number of nitrogens with zero attached hydrogens (tertiary/aromatic N) is 2. The number of aryl methyl sites for hydroxylation is 2. The smallest absolute Gasteiger partial charge is 0.131 e. The Bertz CT molecular complexity index is 341. The highest BCUT2D eigenvalue weighted by atomic mass is 35.5. The van der Waals surface area contributed by atoms with Crippen molar-refractivity contribution < 1.29 is 4.74 Å². The van der Waals surface area contributed by atoms with E-state index in [1.54, 1.807) is 11.8 Å². The summed E-state index contributed by atoms with van der Waals surface area (Å²) < 4.78 is 6.61. The van der Waals surface area contributed by atoms with Crippen molar-refractivity contribution in [1.82, 2.24) is 15.1 Å². The second-order valence-electron chi connectivity index (χ2n) is 3.66. The van der Waals surface area contributed by atoms with Crippen LogP contribution in [0.3, 0.4) is 0 Å². The summed E-state index contributed by atoms with van der Waals surface area (Å²) in [6, 6.07) is 0. The first kappa shape index (κ1) is 13.8. The van der Waals surface area contributed by atoms with Crippen LogP contribution in [0.1, 0.15) is 11.3 Å². The minimum atomic E-state index is -0.0271. The van der Waals surface area contributed by atoms with Gasteiger partial charge < -0.3 is 10.1 Å². The van der Waals surface area contributed by atoms with E-state index < -0.39 is 0 Å². The van der Waals surface area contributed by atoms with E-state index >= 15 is 0 Å². The summed E-state index contributed by atoms with van der Waals surface area (Å²) >= 11 is 12.1. The molecule has 1 aromatic heterocycles. The minimum Gasteiger partial charge on any atom is -0.383 e. The Morgan fingerprint density at radius 3 is 2.75 bits per heavy atom. The summed E-state index contributed by atoms with van der Waals surface area (Å²) in [6.45, 7) is 3.83. The van der Waals surface area contributed by atoms with Crippen molar-refractivity contribution in [3.63, 3.8) is 0 Å². The van der Waals surface area contributed by atoms with Gasteiger partial charge in [0.2, 0.25) is 0 Å². The molecule has 0 fully saturated rings. The third kappa shape index (κ3) is 3.63. The highest BCUT2D eigenvalue weighted by molar-refractivity contribution is 6.30. The maximum atomic E-state index is 6.09. The van der Waals surface area contributed by atoms with Crippen LogP contribution < -0.4 is 5.32 Å². The first-order valence-corrected chi connectivity index (χ1v) is 5.89. The predicted octanol–water partition coefficient (Wildman–Crippen LogP) is 1.73. The topological polar surface area (TPSA) is 39.1 Å². The first-order chi connectivity index (χ1) is 7.56. The van der Waals surface area contributed by atoms with Crippen molar-refractivity contribution >= 4 is 23.2 Å². The predicted molar refractivity (Wildman–Crippen MR) is 66.2 cm³/mol. The van der Waals surface area contributed by atoms with Gasteiger partial charge in [0.15, 0.2) is 0 Å². The first-order valence-electron chi connectivity index (χ1n) is 5.08. The van der Waals surface area contributed by atoms with Crippen molar-refractivity contribution in [2.24, 2.45) is 7.05 Å². The number of hydrogen-bond acceptors (Lipinski definition) is 3. The lowest BCUT2D eigenvalue weighted by Crippen LogP contribution is -2.26. The zero-order valence-corrected chi connectivity index (χ0v) is 11.3. The lowest BCUT2D eigenvalue weighted by molar-refractivity contribution is 0.197. The van der Waals surface area contributed by atoms with Crippen LogP contribution in [0, 0.1) is 6.92 Å². The van der Waals surface area contributed by atoms with Crippen LogP contribution in [-0.4, -0.2) is 35.4 Å². The molecule has 0 aliphatic carbocycles. The van der Waals surface area contributed by atoms with Gasteiger partial charge in [-0.2, -0.15) is 5.10 Å². The SMILES string of the molecule is COCC(Cl)CNCc1c(C)nn(C)c1Cl. The molecule has 0 saturated heterocycles. The number of rotatable bonds is 6. The lowest BCUT2D eigenvalue weighted by Gasteiger charge is -2.09.